The van der Waals surface area contributed by atoms with E-state index in [9.17, 15) is 5.11 Å². The van der Waals surface area contributed by atoms with E-state index in [1.165, 1.54) is 0 Å². The van der Waals surface area contributed by atoms with E-state index >= 15 is 0 Å². The number of fused-ring (bicyclic) bond motifs is 1. The Morgan fingerprint density at radius 2 is 2.20 bits per heavy atom. The number of hydrogen-bond donors (Lipinski definition) is 1. The van der Waals surface area contributed by atoms with E-state index in [2.05, 4.69) is 0 Å². The molecule has 0 aromatic rings. The zero-order valence-corrected chi connectivity index (χ0v) is 5.82. The van der Waals surface area contributed by atoms with Gasteiger partial charge in [-0.25, -0.2) is 0 Å². The SMILES string of the molecule is OC1COCOC2CC2C1. The Hall–Kier alpha value is -0.120. The van der Waals surface area contributed by atoms with Crippen molar-refractivity contribution in [3.8, 4) is 0 Å². The molecule has 0 aromatic heterocycles. The molecule has 0 aromatic carbocycles. The van der Waals surface area contributed by atoms with E-state index in [1.807, 2.05) is 0 Å². The van der Waals surface area contributed by atoms with E-state index in [-0.39, 0.29) is 6.10 Å². The van der Waals surface area contributed by atoms with Gasteiger partial charge in [0.15, 0.2) is 0 Å². The molecule has 2 aliphatic rings. The molecular weight excluding hydrogens is 132 g/mol. The summed E-state index contributed by atoms with van der Waals surface area (Å²) in [4.78, 5) is 0. The van der Waals surface area contributed by atoms with Crippen LogP contribution in [0.5, 0.6) is 0 Å². The van der Waals surface area contributed by atoms with Gasteiger partial charge in [0.05, 0.1) is 18.8 Å². The third kappa shape index (κ3) is 1.31. The van der Waals surface area contributed by atoms with Crippen molar-refractivity contribution in [2.45, 2.75) is 25.0 Å². The maximum absolute atomic E-state index is 9.23. The highest BCUT2D eigenvalue weighted by Crippen LogP contribution is 2.38. The van der Waals surface area contributed by atoms with Crippen LogP contribution in [-0.4, -0.2) is 30.7 Å². The molecule has 3 nitrogen and oxygen atoms in total. The van der Waals surface area contributed by atoms with Crippen molar-refractivity contribution in [3.63, 3.8) is 0 Å². The van der Waals surface area contributed by atoms with Crippen LogP contribution in [0.3, 0.4) is 0 Å². The largest absolute Gasteiger partial charge is 0.391 e. The predicted octanol–water partition coefficient (Wildman–Crippen LogP) is 0.130. The van der Waals surface area contributed by atoms with Crippen LogP contribution in [-0.2, 0) is 9.47 Å². The Kier molecular flexibility index (Phi) is 1.64. The summed E-state index contributed by atoms with van der Waals surface area (Å²) in [5.74, 6) is 0.610. The third-order valence-electron chi connectivity index (χ3n) is 2.11. The van der Waals surface area contributed by atoms with Crippen LogP contribution in [0.2, 0.25) is 0 Å². The van der Waals surface area contributed by atoms with Crippen molar-refractivity contribution in [1.29, 1.82) is 0 Å². The lowest BCUT2D eigenvalue weighted by molar-refractivity contribution is -0.103. The number of hydrogen-bond acceptors (Lipinski definition) is 3. The summed E-state index contributed by atoms with van der Waals surface area (Å²) in [6.07, 6.45) is 2.08. The standard InChI is InChI=1S/C7H12O3/c8-6-1-5-2-7(5)10-4-9-3-6/h5-8H,1-4H2. The zero-order chi connectivity index (χ0) is 6.97. The molecule has 3 heteroatoms. The van der Waals surface area contributed by atoms with Gasteiger partial charge in [0.25, 0.3) is 0 Å². The molecule has 1 saturated heterocycles. The van der Waals surface area contributed by atoms with Crippen molar-refractivity contribution in [3.05, 3.63) is 0 Å². The summed E-state index contributed by atoms with van der Waals surface area (Å²) in [7, 11) is 0. The van der Waals surface area contributed by atoms with Gasteiger partial charge in [-0.3, -0.25) is 0 Å². The van der Waals surface area contributed by atoms with Gasteiger partial charge in [0, 0.05) is 0 Å². The highest BCUT2D eigenvalue weighted by Gasteiger charge is 2.40. The molecular formula is C7H12O3. The van der Waals surface area contributed by atoms with Crippen LogP contribution in [0.4, 0.5) is 0 Å². The van der Waals surface area contributed by atoms with Crippen molar-refractivity contribution < 1.29 is 14.6 Å². The summed E-state index contributed by atoms with van der Waals surface area (Å²) in [5, 5.41) is 9.23. The normalized spacial score (nSPS) is 47.1. The van der Waals surface area contributed by atoms with Crippen molar-refractivity contribution in [2.24, 2.45) is 5.92 Å². The monoisotopic (exact) mass is 144 g/mol. The average molecular weight is 144 g/mol. The number of ether oxygens (including phenoxy) is 2. The summed E-state index contributed by atoms with van der Waals surface area (Å²) in [6.45, 7) is 0.793. The van der Waals surface area contributed by atoms with E-state index in [1.54, 1.807) is 0 Å². The maximum atomic E-state index is 9.23. The first-order valence-electron chi connectivity index (χ1n) is 3.73. The van der Waals surface area contributed by atoms with Gasteiger partial charge in [-0.2, -0.15) is 0 Å². The Bertz CT molecular complexity index is 126. The average Bonchev–Trinajstić information content (AvgIpc) is 2.54. The van der Waals surface area contributed by atoms with Crippen molar-refractivity contribution >= 4 is 0 Å². The van der Waals surface area contributed by atoms with Gasteiger partial charge >= 0.3 is 0 Å². The van der Waals surface area contributed by atoms with Gasteiger partial charge in [0.1, 0.15) is 6.79 Å². The van der Waals surface area contributed by atoms with Crippen molar-refractivity contribution in [2.75, 3.05) is 13.4 Å². The topological polar surface area (TPSA) is 38.7 Å². The molecule has 1 aliphatic carbocycles. The highest BCUT2D eigenvalue weighted by atomic mass is 16.7. The van der Waals surface area contributed by atoms with E-state index in [0.717, 1.165) is 12.8 Å². The molecule has 0 spiro atoms. The van der Waals surface area contributed by atoms with Crippen LogP contribution in [0.15, 0.2) is 0 Å². The van der Waals surface area contributed by atoms with Crippen LogP contribution in [0, 0.1) is 5.92 Å². The van der Waals surface area contributed by atoms with E-state index in [0.29, 0.717) is 25.4 Å². The second kappa shape index (κ2) is 2.49. The molecule has 1 aliphatic heterocycles. The molecule has 3 atom stereocenters. The van der Waals surface area contributed by atoms with Crippen LogP contribution in [0.25, 0.3) is 0 Å². The molecule has 58 valence electrons. The minimum absolute atomic E-state index is 0.265. The summed E-state index contributed by atoms with van der Waals surface area (Å²) in [6, 6.07) is 0. The molecule has 1 heterocycles. The Labute approximate surface area is 59.9 Å². The van der Waals surface area contributed by atoms with Gasteiger partial charge in [-0.1, -0.05) is 0 Å². The Balaban J connectivity index is 1.85. The van der Waals surface area contributed by atoms with Gasteiger partial charge in [0.2, 0.25) is 0 Å². The first-order valence-corrected chi connectivity index (χ1v) is 3.73. The first kappa shape index (κ1) is 6.58. The lowest BCUT2D eigenvalue weighted by Gasteiger charge is -2.14. The fraction of sp³-hybridized carbons (Fsp3) is 1.00. The molecule has 3 unspecified atom stereocenters. The smallest absolute Gasteiger partial charge is 0.147 e. The van der Waals surface area contributed by atoms with Crippen LogP contribution in [0.1, 0.15) is 12.8 Å². The second-order valence-electron chi connectivity index (χ2n) is 3.08. The van der Waals surface area contributed by atoms with Crippen LogP contribution < -0.4 is 0 Å². The fourth-order valence-electron chi connectivity index (χ4n) is 1.41. The molecule has 1 N–H and O–H groups in total. The Morgan fingerprint density at radius 3 is 3.10 bits per heavy atom. The van der Waals surface area contributed by atoms with Crippen molar-refractivity contribution in [1.82, 2.24) is 0 Å². The number of aliphatic hydroxyl groups excluding tert-OH is 1. The molecule has 0 amide bonds. The van der Waals surface area contributed by atoms with Gasteiger partial charge < -0.3 is 14.6 Å². The van der Waals surface area contributed by atoms with Gasteiger partial charge in [-0.15, -0.1) is 0 Å². The maximum Gasteiger partial charge on any atom is 0.147 e. The molecule has 0 bridgehead atoms. The molecule has 0 radical (unpaired) electrons. The zero-order valence-electron chi connectivity index (χ0n) is 5.82. The lowest BCUT2D eigenvalue weighted by atomic mass is 10.2. The molecule has 2 rings (SSSR count). The van der Waals surface area contributed by atoms with E-state index < -0.39 is 0 Å². The third-order valence-corrected chi connectivity index (χ3v) is 2.11. The minimum Gasteiger partial charge on any atom is -0.391 e. The summed E-state index contributed by atoms with van der Waals surface area (Å²) < 4.78 is 10.3. The second-order valence-corrected chi connectivity index (χ2v) is 3.08. The molecule has 2 fully saturated rings. The first-order chi connectivity index (χ1) is 4.86. The van der Waals surface area contributed by atoms with E-state index in [4.69, 9.17) is 9.47 Å². The van der Waals surface area contributed by atoms with Gasteiger partial charge in [-0.05, 0) is 18.8 Å². The minimum atomic E-state index is -0.265. The summed E-state index contributed by atoms with van der Waals surface area (Å²) in [5.41, 5.74) is 0. The number of aliphatic hydroxyl groups is 1. The fourth-order valence-corrected chi connectivity index (χ4v) is 1.41. The lowest BCUT2D eigenvalue weighted by Crippen LogP contribution is -2.21. The van der Waals surface area contributed by atoms with Crippen LogP contribution >= 0.6 is 0 Å². The Morgan fingerprint density at radius 1 is 1.30 bits per heavy atom. The summed E-state index contributed by atoms with van der Waals surface area (Å²) >= 11 is 0. The predicted molar refractivity (Wildman–Crippen MR) is 34.4 cm³/mol. The molecule has 10 heavy (non-hydrogen) atoms. The molecule has 1 saturated carbocycles. The number of rotatable bonds is 0. The highest BCUT2D eigenvalue weighted by molar-refractivity contribution is 4.89. The quantitative estimate of drug-likeness (QED) is 0.525.